The largest absolute Gasteiger partial charge is 0.462 e. The monoisotopic (exact) mass is 632 g/mol. The standard InChI is InChI=1S/C26H22Br2N2O5S/c1-3-34-25(32)21-19(29)18(13-14-5-9-16(27)10-6-14)20-23(26(33)35-4-2)36-22(24(31)30(20)21)15-7-11-17(28)12-8-15/h5-13,22H,3-4,29H2,1-2H3/b18-13+/t22-/m1/s1. The number of anilines is 1. The van der Waals surface area contributed by atoms with Gasteiger partial charge in [0.1, 0.15) is 10.2 Å². The fraction of sp³-hybridized carbons (Fsp3) is 0.192. The van der Waals surface area contributed by atoms with Crippen LogP contribution in [0.3, 0.4) is 0 Å². The molecule has 0 saturated heterocycles. The number of hydrogen-bond donors (Lipinski definition) is 1. The van der Waals surface area contributed by atoms with E-state index in [0.717, 1.165) is 26.3 Å². The Kier molecular flexibility index (Phi) is 8.07. The van der Waals surface area contributed by atoms with E-state index < -0.39 is 23.1 Å². The van der Waals surface area contributed by atoms with Gasteiger partial charge in [-0.15, -0.1) is 0 Å². The summed E-state index contributed by atoms with van der Waals surface area (Å²) in [6.45, 7) is 3.61. The zero-order valence-corrected chi connectivity index (χ0v) is 23.4. The van der Waals surface area contributed by atoms with E-state index in [2.05, 4.69) is 31.9 Å². The molecule has 4 rings (SSSR count). The first kappa shape index (κ1) is 26.2. The van der Waals surface area contributed by atoms with Crippen molar-refractivity contribution in [1.82, 2.24) is 4.57 Å². The molecular formula is C26H22Br2N2O5S. The van der Waals surface area contributed by atoms with E-state index >= 15 is 0 Å². The third-order valence-electron chi connectivity index (χ3n) is 5.43. The van der Waals surface area contributed by atoms with E-state index in [0.29, 0.717) is 10.8 Å². The fourth-order valence-corrected chi connectivity index (χ4v) is 5.59. The van der Waals surface area contributed by atoms with Gasteiger partial charge < -0.3 is 15.2 Å². The average Bonchev–Trinajstić information content (AvgIpc) is 3.14. The summed E-state index contributed by atoms with van der Waals surface area (Å²) in [4.78, 5) is 40.3. The summed E-state index contributed by atoms with van der Waals surface area (Å²) in [6, 6.07) is 14.6. The Morgan fingerprint density at radius 2 is 1.53 bits per heavy atom. The highest BCUT2D eigenvalue weighted by atomic mass is 79.9. The van der Waals surface area contributed by atoms with Gasteiger partial charge in [0.15, 0.2) is 5.69 Å². The normalized spacial score (nSPS) is 15.6. The number of carbonyl (C=O) groups excluding carboxylic acids is 3. The topological polar surface area (TPSA) is 101 Å². The van der Waals surface area contributed by atoms with Gasteiger partial charge in [0, 0.05) is 14.2 Å². The van der Waals surface area contributed by atoms with Crippen molar-refractivity contribution in [2.24, 2.45) is 0 Å². The summed E-state index contributed by atoms with van der Waals surface area (Å²) in [6.07, 6.45) is 1.74. The Bertz CT molecular complexity index is 1460. The Hall–Kier alpha value is -2.82. The van der Waals surface area contributed by atoms with E-state index in [1.807, 2.05) is 36.4 Å². The number of thioether (sulfide) groups is 1. The molecule has 0 saturated carbocycles. The van der Waals surface area contributed by atoms with Gasteiger partial charge in [0.25, 0.3) is 0 Å². The van der Waals surface area contributed by atoms with E-state index in [4.69, 9.17) is 15.2 Å². The van der Waals surface area contributed by atoms with Crippen molar-refractivity contribution in [1.29, 1.82) is 0 Å². The first-order valence-electron chi connectivity index (χ1n) is 11.1. The molecule has 10 heteroatoms. The van der Waals surface area contributed by atoms with Gasteiger partial charge in [-0.05, 0) is 55.3 Å². The number of aromatic nitrogens is 1. The van der Waals surface area contributed by atoms with Crippen LogP contribution in [0.1, 0.15) is 45.5 Å². The number of hydrogen-bond acceptors (Lipinski definition) is 7. The minimum atomic E-state index is -0.800. The van der Waals surface area contributed by atoms with Crippen LogP contribution in [-0.2, 0) is 14.3 Å². The maximum atomic E-state index is 13.9. The van der Waals surface area contributed by atoms with E-state index in [9.17, 15) is 14.4 Å². The first-order chi connectivity index (χ1) is 17.3. The van der Waals surface area contributed by atoms with Crippen molar-refractivity contribution in [3.63, 3.8) is 0 Å². The molecule has 0 fully saturated rings. The third kappa shape index (κ3) is 5.02. The number of ether oxygens (including phenoxy) is 2. The van der Waals surface area contributed by atoms with Crippen LogP contribution >= 0.6 is 43.6 Å². The summed E-state index contributed by atoms with van der Waals surface area (Å²) in [5, 5.41) is -0.204. The predicted octanol–water partition coefficient (Wildman–Crippen LogP) is 4.40. The molecule has 0 bridgehead atoms. The van der Waals surface area contributed by atoms with E-state index in [-0.39, 0.29) is 34.8 Å². The van der Waals surface area contributed by atoms with E-state index in [1.165, 1.54) is 4.57 Å². The van der Waals surface area contributed by atoms with Gasteiger partial charge in [0.2, 0.25) is 5.91 Å². The molecule has 0 aliphatic carbocycles. The van der Waals surface area contributed by atoms with Crippen LogP contribution in [0.25, 0.3) is 11.0 Å². The van der Waals surface area contributed by atoms with Crippen molar-refractivity contribution in [3.8, 4) is 0 Å². The summed E-state index contributed by atoms with van der Waals surface area (Å²) in [7, 11) is 0. The van der Waals surface area contributed by atoms with Crippen LogP contribution in [0.15, 0.2) is 57.5 Å². The molecule has 0 radical (unpaired) electrons. The summed E-state index contributed by atoms with van der Waals surface area (Å²) in [5.41, 5.74) is 7.88. The molecule has 0 unspecified atom stereocenters. The molecule has 1 aliphatic heterocycles. The average molecular weight is 634 g/mol. The smallest absolute Gasteiger partial charge is 0.357 e. The number of benzene rings is 2. The maximum Gasteiger partial charge on any atom is 0.357 e. The number of esters is 2. The minimum absolute atomic E-state index is 0.0542. The van der Waals surface area contributed by atoms with Gasteiger partial charge in [-0.25, -0.2) is 9.59 Å². The lowest BCUT2D eigenvalue weighted by Crippen LogP contribution is -2.42. The SMILES string of the molecule is CCOC(=O)C1=c2/c(=C/c3ccc(Br)cc3)c(N)c(C(=O)OCC)n2C(=O)[C@@H](c2ccc(Br)cc2)S1. The van der Waals surface area contributed by atoms with E-state index in [1.54, 1.807) is 32.1 Å². The lowest BCUT2D eigenvalue weighted by molar-refractivity contribution is -0.135. The number of nitrogen functional groups attached to an aromatic ring is 1. The number of rotatable bonds is 6. The van der Waals surface area contributed by atoms with Gasteiger partial charge in [0.05, 0.1) is 24.3 Å². The van der Waals surface area contributed by atoms with Crippen LogP contribution in [-0.4, -0.2) is 35.6 Å². The molecule has 1 aliphatic rings. The Morgan fingerprint density at radius 1 is 0.972 bits per heavy atom. The predicted molar refractivity (Wildman–Crippen MR) is 147 cm³/mol. The minimum Gasteiger partial charge on any atom is -0.462 e. The van der Waals surface area contributed by atoms with Crippen LogP contribution in [0.5, 0.6) is 0 Å². The molecule has 186 valence electrons. The lowest BCUT2D eigenvalue weighted by Gasteiger charge is -2.23. The number of nitrogens with zero attached hydrogens (tertiary/aromatic N) is 1. The maximum absolute atomic E-state index is 13.9. The summed E-state index contributed by atoms with van der Waals surface area (Å²) < 4.78 is 13.6. The highest BCUT2D eigenvalue weighted by molar-refractivity contribution is 9.10. The van der Waals surface area contributed by atoms with Crippen molar-refractivity contribution in [3.05, 3.63) is 84.9 Å². The Balaban J connectivity index is 2.08. The summed E-state index contributed by atoms with van der Waals surface area (Å²) in [5.74, 6) is -1.75. The van der Waals surface area contributed by atoms with Crippen LogP contribution in [0.4, 0.5) is 5.69 Å². The van der Waals surface area contributed by atoms with Crippen LogP contribution in [0, 0.1) is 0 Å². The lowest BCUT2D eigenvalue weighted by atomic mass is 10.1. The van der Waals surface area contributed by atoms with Crippen molar-refractivity contribution >= 4 is 78.1 Å². The van der Waals surface area contributed by atoms with Crippen molar-refractivity contribution in [2.75, 3.05) is 18.9 Å². The van der Waals surface area contributed by atoms with Crippen LogP contribution < -0.4 is 16.3 Å². The molecule has 36 heavy (non-hydrogen) atoms. The second-order valence-electron chi connectivity index (χ2n) is 7.71. The summed E-state index contributed by atoms with van der Waals surface area (Å²) >= 11 is 7.90. The second-order valence-corrected chi connectivity index (χ2v) is 10.7. The molecule has 0 amide bonds. The van der Waals surface area contributed by atoms with Crippen molar-refractivity contribution in [2.45, 2.75) is 19.1 Å². The number of nitrogens with two attached hydrogens (primary N) is 1. The van der Waals surface area contributed by atoms with Gasteiger partial charge >= 0.3 is 11.9 Å². The molecule has 3 aromatic rings. The molecular weight excluding hydrogens is 612 g/mol. The molecule has 2 aromatic carbocycles. The molecule has 0 spiro atoms. The van der Waals surface area contributed by atoms with Gasteiger partial charge in [-0.3, -0.25) is 9.36 Å². The number of halogens is 2. The number of carbonyl (C=O) groups is 3. The van der Waals surface area contributed by atoms with Gasteiger partial charge in [-0.2, -0.15) is 0 Å². The second kappa shape index (κ2) is 11.1. The van der Waals surface area contributed by atoms with Crippen LogP contribution in [0.2, 0.25) is 0 Å². The molecule has 2 heterocycles. The molecule has 1 aromatic heterocycles. The molecule has 1 atom stereocenters. The Morgan fingerprint density at radius 3 is 2.11 bits per heavy atom. The quantitative estimate of drug-likeness (QED) is 0.402. The molecule has 7 nitrogen and oxygen atoms in total. The Labute approximate surface area is 228 Å². The highest BCUT2D eigenvalue weighted by Crippen LogP contribution is 2.40. The third-order valence-corrected chi connectivity index (χ3v) is 7.79. The molecule has 2 N–H and O–H groups in total. The zero-order valence-electron chi connectivity index (χ0n) is 19.4. The number of fused-ring (bicyclic) bond motifs is 1. The zero-order chi connectivity index (χ0) is 26.0. The highest BCUT2D eigenvalue weighted by Gasteiger charge is 2.38. The fourth-order valence-electron chi connectivity index (χ4n) is 3.86. The first-order valence-corrected chi connectivity index (χ1v) is 13.6. The van der Waals surface area contributed by atoms with Gasteiger partial charge in [-0.1, -0.05) is 67.9 Å². The van der Waals surface area contributed by atoms with Crippen molar-refractivity contribution < 1.29 is 23.9 Å².